The summed E-state index contributed by atoms with van der Waals surface area (Å²) in [5, 5.41) is 2.94. The van der Waals surface area contributed by atoms with E-state index in [1.807, 2.05) is 11.0 Å². The van der Waals surface area contributed by atoms with Crippen molar-refractivity contribution in [2.45, 2.75) is 25.2 Å². The first-order valence-electron chi connectivity index (χ1n) is 11.4. The van der Waals surface area contributed by atoms with E-state index in [0.717, 1.165) is 23.0 Å². The van der Waals surface area contributed by atoms with Crippen molar-refractivity contribution >= 4 is 17.3 Å². The number of nitrogens with zero attached hydrogens (tertiary/aromatic N) is 3. The fourth-order valence-corrected chi connectivity index (χ4v) is 5.01. The van der Waals surface area contributed by atoms with E-state index in [2.05, 4.69) is 15.2 Å². The predicted molar refractivity (Wildman–Crippen MR) is 124 cm³/mol. The Labute approximate surface area is 200 Å². The van der Waals surface area contributed by atoms with Crippen LogP contribution < -0.4 is 15.1 Å². The molecule has 9 heteroatoms. The highest BCUT2D eigenvalue weighted by Gasteiger charge is 2.42. The summed E-state index contributed by atoms with van der Waals surface area (Å²) in [5.74, 6) is -1.09. The van der Waals surface area contributed by atoms with Gasteiger partial charge in [-0.05, 0) is 66.1 Å². The SMILES string of the molecule is O=C(NCc1cccnc1)C1Cc2cc(C(F)(F)F)ccc2N2CCN(c3ccc(F)cc3)CC12. The molecule has 2 unspecified atom stereocenters. The molecular formula is C26H24F4N4O. The molecule has 0 saturated carbocycles. The Morgan fingerprint density at radius 1 is 1.09 bits per heavy atom. The fraction of sp³-hybridized carbons (Fsp3) is 0.308. The topological polar surface area (TPSA) is 48.5 Å². The van der Waals surface area contributed by atoms with Crippen LogP contribution in [0.4, 0.5) is 28.9 Å². The molecule has 5 nitrogen and oxygen atoms in total. The molecule has 3 aromatic rings. The van der Waals surface area contributed by atoms with Crippen LogP contribution in [0.2, 0.25) is 0 Å². The second kappa shape index (κ2) is 9.20. The second-order valence-corrected chi connectivity index (χ2v) is 8.91. The van der Waals surface area contributed by atoms with Crippen molar-refractivity contribution in [1.82, 2.24) is 10.3 Å². The number of carbonyl (C=O) groups excluding carboxylic acids is 1. The maximum atomic E-state index is 13.4. The summed E-state index contributed by atoms with van der Waals surface area (Å²) in [6.45, 7) is 1.92. The van der Waals surface area contributed by atoms with Crippen LogP contribution in [0.3, 0.4) is 0 Å². The van der Waals surface area contributed by atoms with Crippen molar-refractivity contribution < 1.29 is 22.4 Å². The number of alkyl halides is 3. The molecule has 1 N–H and O–H groups in total. The van der Waals surface area contributed by atoms with Crippen LogP contribution in [-0.4, -0.2) is 36.6 Å². The van der Waals surface area contributed by atoms with Crippen molar-refractivity contribution in [2.75, 3.05) is 29.4 Å². The zero-order valence-corrected chi connectivity index (χ0v) is 18.8. The van der Waals surface area contributed by atoms with Crippen LogP contribution >= 0.6 is 0 Å². The molecule has 0 radical (unpaired) electrons. The average Bonchev–Trinajstić information content (AvgIpc) is 2.86. The van der Waals surface area contributed by atoms with Crippen LogP contribution in [-0.2, 0) is 23.9 Å². The summed E-state index contributed by atoms with van der Waals surface area (Å²) in [5.41, 5.74) is 2.23. The summed E-state index contributed by atoms with van der Waals surface area (Å²) in [6.07, 6.45) is -0.942. The third kappa shape index (κ3) is 4.80. The first-order valence-corrected chi connectivity index (χ1v) is 11.4. The van der Waals surface area contributed by atoms with E-state index in [0.29, 0.717) is 25.2 Å². The largest absolute Gasteiger partial charge is 0.416 e. The zero-order valence-electron chi connectivity index (χ0n) is 18.8. The molecule has 1 fully saturated rings. The predicted octanol–water partition coefficient (Wildman–Crippen LogP) is 4.42. The Kier molecular flexibility index (Phi) is 6.08. The maximum Gasteiger partial charge on any atom is 0.416 e. The Morgan fingerprint density at radius 2 is 1.89 bits per heavy atom. The smallest absolute Gasteiger partial charge is 0.368 e. The van der Waals surface area contributed by atoms with Gasteiger partial charge >= 0.3 is 6.18 Å². The van der Waals surface area contributed by atoms with Crippen LogP contribution in [0.1, 0.15) is 16.7 Å². The molecule has 1 saturated heterocycles. The van der Waals surface area contributed by atoms with Gasteiger partial charge in [-0.1, -0.05) is 6.07 Å². The maximum absolute atomic E-state index is 13.4. The first kappa shape index (κ1) is 23.1. The molecule has 1 amide bonds. The summed E-state index contributed by atoms with van der Waals surface area (Å²) >= 11 is 0. The lowest BCUT2D eigenvalue weighted by Gasteiger charge is -2.49. The number of carbonyl (C=O) groups is 1. The van der Waals surface area contributed by atoms with Gasteiger partial charge in [0, 0.05) is 49.9 Å². The van der Waals surface area contributed by atoms with Gasteiger partial charge in [-0.2, -0.15) is 13.2 Å². The van der Waals surface area contributed by atoms with E-state index in [1.54, 1.807) is 30.6 Å². The third-order valence-electron chi connectivity index (χ3n) is 6.76. The fourth-order valence-electron chi connectivity index (χ4n) is 5.01. The summed E-state index contributed by atoms with van der Waals surface area (Å²) in [4.78, 5) is 21.6. The lowest BCUT2D eigenvalue weighted by Crippen LogP contribution is -2.61. The van der Waals surface area contributed by atoms with Gasteiger partial charge in [-0.15, -0.1) is 0 Å². The number of fused-ring (bicyclic) bond motifs is 3. The molecule has 2 aliphatic rings. The minimum Gasteiger partial charge on any atom is -0.368 e. The van der Waals surface area contributed by atoms with Gasteiger partial charge < -0.3 is 15.1 Å². The van der Waals surface area contributed by atoms with Gasteiger partial charge in [0.1, 0.15) is 5.82 Å². The Morgan fingerprint density at radius 3 is 2.60 bits per heavy atom. The Bertz CT molecular complexity index is 1200. The second-order valence-electron chi connectivity index (χ2n) is 8.91. The van der Waals surface area contributed by atoms with Crippen LogP contribution in [0.25, 0.3) is 0 Å². The Balaban J connectivity index is 1.44. The number of halogens is 4. The molecule has 2 atom stereocenters. The molecule has 2 aromatic carbocycles. The van der Waals surface area contributed by atoms with Crippen molar-refractivity contribution in [3.63, 3.8) is 0 Å². The number of rotatable bonds is 4. The molecule has 0 spiro atoms. The van der Waals surface area contributed by atoms with E-state index < -0.39 is 17.7 Å². The number of hydrogen-bond donors (Lipinski definition) is 1. The quantitative estimate of drug-likeness (QED) is 0.557. The van der Waals surface area contributed by atoms with Gasteiger partial charge in [-0.25, -0.2) is 4.39 Å². The van der Waals surface area contributed by atoms with Crippen molar-refractivity contribution in [2.24, 2.45) is 5.92 Å². The standard InChI is InChI=1S/C26H24F4N4O/c27-20-4-6-21(7-5-20)33-10-11-34-23-8-3-19(26(28,29)30)12-18(23)13-22(24(34)16-33)25(35)32-15-17-2-1-9-31-14-17/h1-9,12,14,22,24H,10-11,13,15-16H2,(H,32,35). The molecule has 0 aliphatic carbocycles. The number of anilines is 2. The lowest BCUT2D eigenvalue weighted by atomic mass is 9.82. The van der Waals surface area contributed by atoms with Gasteiger partial charge in [0.05, 0.1) is 17.5 Å². The van der Waals surface area contributed by atoms with E-state index in [4.69, 9.17) is 0 Å². The third-order valence-corrected chi connectivity index (χ3v) is 6.76. The highest BCUT2D eigenvalue weighted by atomic mass is 19.4. The number of aromatic nitrogens is 1. The van der Waals surface area contributed by atoms with E-state index in [-0.39, 0.29) is 30.7 Å². The Hall–Kier alpha value is -3.62. The molecule has 2 aliphatic heterocycles. The summed E-state index contributed by atoms with van der Waals surface area (Å²) < 4.78 is 53.6. The summed E-state index contributed by atoms with van der Waals surface area (Å²) in [7, 11) is 0. The van der Waals surface area contributed by atoms with E-state index in [9.17, 15) is 22.4 Å². The molecule has 182 valence electrons. The minimum absolute atomic E-state index is 0.205. The monoisotopic (exact) mass is 484 g/mol. The van der Waals surface area contributed by atoms with Crippen LogP contribution in [0.15, 0.2) is 67.0 Å². The van der Waals surface area contributed by atoms with Crippen LogP contribution in [0, 0.1) is 11.7 Å². The first-order chi connectivity index (χ1) is 16.8. The van der Waals surface area contributed by atoms with E-state index in [1.165, 1.54) is 24.3 Å². The highest BCUT2D eigenvalue weighted by molar-refractivity contribution is 5.82. The van der Waals surface area contributed by atoms with Gasteiger partial charge in [0.2, 0.25) is 5.91 Å². The van der Waals surface area contributed by atoms with Crippen molar-refractivity contribution in [3.05, 3.63) is 89.5 Å². The molecule has 0 bridgehead atoms. The molecule has 5 rings (SSSR count). The van der Waals surface area contributed by atoms with Gasteiger partial charge in [0.15, 0.2) is 0 Å². The number of pyridine rings is 1. The van der Waals surface area contributed by atoms with Crippen LogP contribution in [0.5, 0.6) is 0 Å². The number of benzene rings is 2. The van der Waals surface area contributed by atoms with Gasteiger partial charge in [-0.3, -0.25) is 9.78 Å². The molecule has 1 aromatic heterocycles. The number of hydrogen-bond acceptors (Lipinski definition) is 4. The number of nitrogens with one attached hydrogen (secondary N) is 1. The lowest BCUT2D eigenvalue weighted by molar-refractivity contribution is -0.137. The number of amides is 1. The normalized spacial score (nSPS) is 19.7. The molecule has 35 heavy (non-hydrogen) atoms. The van der Waals surface area contributed by atoms with Crippen molar-refractivity contribution in [1.29, 1.82) is 0 Å². The van der Waals surface area contributed by atoms with E-state index >= 15 is 0 Å². The van der Waals surface area contributed by atoms with Gasteiger partial charge in [0.25, 0.3) is 0 Å². The summed E-state index contributed by atoms with van der Waals surface area (Å²) in [6, 6.07) is 13.4. The zero-order chi connectivity index (χ0) is 24.6. The minimum atomic E-state index is -4.45. The molecular weight excluding hydrogens is 460 g/mol. The van der Waals surface area contributed by atoms with Crippen molar-refractivity contribution in [3.8, 4) is 0 Å². The molecule has 3 heterocycles. The average molecular weight is 484 g/mol. The highest BCUT2D eigenvalue weighted by Crippen LogP contribution is 2.40. The number of piperazine rings is 1.